The van der Waals surface area contributed by atoms with Crippen molar-refractivity contribution in [2.45, 2.75) is 12.5 Å². The first-order valence-corrected chi connectivity index (χ1v) is 3.79. The van der Waals surface area contributed by atoms with Gasteiger partial charge in [0.2, 0.25) is 0 Å². The molecule has 0 aromatic heterocycles. The zero-order chi connectivity index (χ0) is 8.77. The Morgan fingerprint density at radius 2 is 2.08 bits per heavy atom. The quantitative estimate of drug-likeness (QED) is 0.595. The number of fused-ring (bicyclic) bond motifs is 1. The van der Waals surface area contributed by atoms with Crippen LogP contribution < -0.4 is 5.73 Å². The summed E-state index contributed by atoms with van der Waals surface area (Å²) < 4.78 is 0. The molecule has 3 heteroatoms. The molecule has 1 heterocycles. The van der Waals surface area contributed by atoms with E-state index < -0.39 is 5.60 Å². The van der Waals surface area contributed by atoms with E-state index in [1.54, 1.807) is 6.92 Å². The van der Waals surface area contributed by atoms with Gasteiger partial charge in [0.15, 0.2) is 0 Å². The van der Waals surface area contributed by atoms with Crippen molar-refractivity contribution in [1.82, 2.24) is 0 Å². The van der Waals surface area contributed by atoms with Crippen LogP contribution in [0.4, 0.5) is 5.69 Å². The maximum Gasteiger partial charge on any atom is 0.146 e. The SMILES string of the molecule is C[C@@]1(O)C(N)=Nc2ccccc21. The van der Waals surface area contributed by atoms with Crippen LogP contribution in [0.3, 0.4) is 0 Å². The first-order valence-electron chi connectivity index (χ1n) is 3.79. The molecule has 3 nitrogen and oxygen atoms in total. The average molecular weight is 162 g/mol. The molecule has 0 saturated carbocycles. The third-order valence-corrected chi connectivity index (χ3v) is 2.17. The van der Waals surface area contributed by atoms with Gasteiger partial charge in [-0.2, -0.15) is 0 Å². The summed E-state index contributed by atoms with van der Waals surface area (Å²) in [6, 6.07) is 7.40. The predicted octanol–water partition coefficient (Wildman–Crippen LogP) is 0.896. The highest BCUT2D eigenvalue weighted by Crippen LogP contribution is 2.36. The molecule has 0 spiro atoms. The number of hydrogen-bond acceptors (Lipinski definition) is 3. The van der Waals surface area contributed by atoms with Gasteiger partial charge in [-0.15, -0.1) is 0 Å². The zero-order valence-electron chi connectivity index (χ0n) is 6.78. The summed E-state index contributed by atoms with van der Waals surface area (Å²) in [5, 5.41) is 9.86. The number of aliphatic hydroxyl groups is 1. The fourth-order valence-corrected chi connectivity index (χ4v) is 1.36. The Balaban J connectivity index is 2.66. The molecule has 0 unspecified atom stereocenters. The van der Waals surface area contributed by atoms with Gasteiger partial charge >= 0.3 is 0 Å². The Labute approximate surface area is 70.5 Å². The number of hydrogen-bond donors (Lipinski definition) is 2. The topological polar surface area (TPSA) is 58.6 Å². The van der Waals surface area contributed by atoms with Crippen molar-refractivity contribution in [2.24, 2.45) is 10.7 Å². The standard InChI is InChI=1S/C9H10N2O/c1-9(12)6-4-2-3-5-7(6)11-8(9)10/h2-5,12H,1H3,(H2,10,11)/t9-/m0/s1. The molecule has 1 aromatic rings. The minimum atomic E-state index is -1.09. The van der Waals surface area contributed by atoms with Crippen LogP contribution in [0.25, 0.3) is 0 Å². The lowest BCUT2D eigenvalue weighted by Crippen LogP contribution is -2.35. The predicted molar refractivity (Wildman–Crippen MR) is 47.3 cm³/mol. The first kappa shape index (κ1) is 7.31. The highest BCUT2D eigenvalue weighted by Gasteiger charge is 2.34. The minimum Gasteiger partial charge on any atom is -0.384 e. The second kappa shape index (κ2) is 2.08. The lowest BCUT2D eigenvalue weighted by molar-refractivity contribution is 0.136. The van der Waals surface area contributed by atoms with Crippen molar-refractivity contribution in [3.63, 3.8) is 0 Å². The second-order valence-corrected chi connectivity index (χ2v) is 3.09. The fraction of sp³-hybridized carbons (Fsp3) is 0.222. The highest BCUT2D eigenvalue weighted by atomic mass is 16.3. The number of rotatable bonds is 0. The second-order valence-electron chi connectivity index (χ2n) is 3.09. The van der Waals surface area contributed by atoms with Crippen LogP contribution in [-0.4, -0.2) is 10.9 Å². The number of amidine groups is 1. The molecule has 0 radical (unpaired) electrons. The van der Waals surface area contributed by atoms with Gasteiger partial charge in [0.1, 0.15) is 11.4 Å². The number of para-hydroxylation sites is 1. The highest BCUT2D eigenvalue weighted by molar-refractivity contribution is 5.97. The van der Waals surface area contributed by atoms with E-state index in [2.05, 4.69) is 4.99 Å². The van der Waals surface area contributed by atoms with Crippen molar-refractivity contribution in [1.29, 1.82) is 0 Å². The molecule has 0 saturated heterocycles. The monoisotopic (exact) mass is 162 g/mol. The third-order valence-electron chi connectivity index (χ3n) is 2.17. The van der Waals surface area contributed by atoms with E-state index in [4.69, 9.17) is 5.73 Å². The first-order chi connectivity index (χ1) is 5.62. The molecular weight excluding hydrogens is 152 g/mol. The zero-order valence-corrected chi connectivity index (χ0v) is 6.78. The molecule has 0 aliphatic carbocycles. The molecular formula is C9H10N2O. The Bertz CT molecular complexity index is 355. The van der Waals surface area contributed by atoms with Crippen LogP contribution in [0.5, 0.6) is 0 Å². The maximum absolute atomic E-state index is 9.86. The van der Waals surface area contributed by atoms with Gasteiger partial charge in [0, 0.05) is 5.56 Å². The molecule has 1 atom stereocenters. The smallest absolute Gasteiger partial charge is 0.146 e. The van der Waals surface area contributed by atoms with Crippen LogP contribution in [-0.2, 0) is 5.60 Å². The summed E-state index contributed by atoms with van der Waals surface area (Å²) in [4.78, 5) is 4.05. The molecule has 1 aliphatic rings. The Morgan fingerprint density at radius 3 is 2.75 bits per heavy atom. The molecule has 1 aliphatic heterocycles. The van der Waals surface area contributed by atoms with E-state index >= 15 is 0 Å². The number of benzene rings is 1. The van der Waals surface area contributed by atoms with Gasteiger partial charge in [-0.3, -0.25) is 0 Å². The molecule has 62 valence electrons. The summed E-state index contributed by atoms with van der Waals surface area (Å²) in [6.07, 6.45) is 0. The summed E-state index contributed by atoms with van der Waals surface area (Å²) >= 11 is 0. The number of nitrogens with two attached hydrogens (primary N) is 1. The van der Waals surface area contributed by atoms with Crippen molar-refractivity contribution in [3.8, 4) is 0 Å². The fourth-order valence-electron chi connectivity index (χ4n) is 1.36. The van der Waals surface area contributed by atoms with Crippen molar-refractivity contribution >= 4 is 11.5 Å². The summed E-state index contributed by atoms with van der Waals surface area (Å²) in [5.41, 5.74) is 6.02. The summed E-state index contributed by atoms with van der Waals surface area (Å²) in [7, 11) is 0. The number of aliphatic imine (C=N–C) groups is 1. The van der Waals surface area contributed by atoms with Gasteiger partial charge in [0.05, 0.1) is 5.69 Å². The van der Waals surface area contributed by atoms with Crippen molar-refractivity contribution in [2.75, 3.05) is 0 Å². The van der Waals surface area contributed by atoms with E-state index in [0.29, 0.717) is 0 Å². The molecule has 0 amide bonds. The number of nitrogens with zero attached hydrogens (tertiary/aromatic N) is 1. The molecule has 3 N–H and O–H groups in total. The van der Waals surface area contributed by atoms with E-state index in [-0.39, 0.29) is 5.84 Å². The van der Waals surface area contributed by atoms with Crippen molar-refractivity contribution in [3.05, 3.63) is 29.8 Å². The molecule has 2 rings (SSSR count). The Morgan fingerprint density at radius 1 is 1.42 bits per heavy atom. The van der Waals surface area contributed by atoms with E-state index in [0.717, 1.165) is 11.3 Å². The molecule has 0 fully saturated rings. The minimum absolute atomic E-state index is 0.267. The lowest BCUT2D eigenvalue weighted by atomic mass is 9.97. The summed E-state index contributed by atoms with van der Waals surface area (Å²) in [6.45, 7) is 1.65. The Kier molecular flexibility index (Phi) is 1.26. The van der Waals surface area contributed by atoms with E-state index in [9.17, 15) is 5.11 Å². The van der Waals surface area contributed by atoms with Gasteiger partial charge in [-0.1, -0.05) is 18.2 Å². The third kappa shape index (κ3) is 0.769. The molecule has 12 heavy (non-hydrogen) atoms. The van der Waals surface area contributed by atoms with E-state index in [1.165, 1.54) is 0 Å². The van der Waals surface area contributed by atoms with E-state index in [1.807, 2.05) is 24.3 Å². The van der Waals surface area contributed by atoms with Crippen LogP contribution in [0.2, 0.25) is 0 Å². The molecule has 0 bridgehead atoms. The van der Waals surface area contributed by atoms with Crippen molar-refractivity contribution < 1.29 is 5.11 Å². The van der Waals surface area contributed by atoms with Gasteiger partial charge in [-0.25, -0.2) is 4.99 Å². The van der Waals surface area contributed by atoms with Gasteiger partial charge in [0.25, 0.3) is 0 Å². The lowest BCUT2D eigenvalue weighted by Gasteiger charge is -2.17. The van der Waals surface area contributed by atoms with Crippen LogP contribution in [0.15, 0.2) is 29.3 Å². The largest absolute Gasteiger partial charge is 0.384 e. The normalized spacial score (nSPS) is 26.7. The summed E-state index contributed by atoms with van der Waals surface area (Å²) in [5.74, 6) is 0.267. The van der Waals surface area contributed by atoms with Gasteiger partial charge in [-0.05, 0) is 13.0 Å². The van der Waals surface area contributed by atoms with Gasteiger partial charge < -0.3 is 10.8 Å². The van der Waals surface area contributed by atoms with Crippen LogP contribution >= 0.6 is 0 Å². The average Bonchev–Trinajstić information content (AvgIpc) is 2.25. The molecule has 1 aromatic carbocycles. The van der Waals surface area contributed by atoms with Crippen LogP contribution in [0, 0.1) is 0 Å². The maximum atomic E-state index is 9.86. The Hall–Kier alpha value is -1.35. The van der Waals surface area contributed by atoms with Crippen LogP contribution in [0.1, 0.15) is 12.5 Å².